The molecular weight excluding hydrogens is 354 g/mol. The van der Waals surface area contributed by atoms with Gasteiger partial charge in [0.15, 0.2) is 10.8 Å². The predicted octanol–water partition coefficient (Wildman–Crippen LogP) is 4.28. The van der Waals surface area contributed by atoms with Gasteiger partial charge in [0.25, 0.3) is 0 Å². The number of carbonyl (C=O) groups excluding carboxylic acids is 1. The molecule has 0 bridgehead atoms. The minimum Gasteiger partial charge on any atom is -0.462 e. The fourth-order valence-corrected chi connectivity index (χ4v) is 4.49. The fraction of sp³-hybridized carbons (Fsp3) is 0.278. The summed E-state index contributed by atoms with van der Waals surface area (Å²) in [5.74, 6) is 1.21. The number of rotatable bonds is 4. The Morgan fingerprint density at radius 2 is 2.12 bits per heavy atom. The lowest BCUT2D eigenvalue weighted by molar-refractivity contribution is -0.126. The number of likely N-dealkylation sites (tertiary alicyclic amines) is 1. The third-order valence-electron chi connectivity index (χ3n) is 4.26. The Morgan fingerprint density at radius 3 is 2.84 bits per heavy atom. The maximum atomic E-state index is 12.3. The van der Waals surface area contributed by atoms with E-state index in [1.54, 1.807) is 35.0 Å². The van der Waals surface area contributed by atoms with E-state index in [1.165, 1.54) is 0 Å². The normalized spacial score (nSPS) is 15.9. The third kappa shape index (κ3) is 3.72. The van der Waals surface area contributed by atoms with Gasteiger partial charge in [-0.15, -0.1) is 21.5 Å². The van der Waals surface area contributed by atoms with Crippen molar-refractivity contribution in [1.82, 2.24) is 15.1 Å². The highest BCUT2D eigenvalue weighted by Crippen LogP contribution is 2.33. The molecule has 1 saturated heterocycles. The SMILES string of the molecule is O=C(C=Cc1cccs1)N1CCC(c2nnc(-c3ccco3)s2)CC1. The average Bonchev–Trinajstić information content (AvgIpc) is 3.42. The molecule has 0 aliphatic carbocycles. The van der Waals surface area contributed by atoms with Crippen molar-refractivity contribution in [2.75, 3.05) is 13.1 Å². The molecule has 3 aromatic heterocycles. The average molecular weight is 371 g/mol. The van der Waals surface area contributed by atoms with Gasteiger partial charge in [0.1, 0.15) is 5.01 Å². The molecule has 0 radical (unpaired) electrons. The number of hydrogen-bond acceptors (Lipinski definition) is 6. The Labute approximate surface area is 153 Å². The van der Waals surface area contributed by atoms with E-state index >= 15 is 0 Å². The molecule has 25 heavy (non-hydrogen) atoms. The van der Waals surface area contributed by atoms with E-state index in [1.807, 2.05) is 40.6 Å². The van der Waals surface area contributed by atoms with Crippen LogP contribution in [0.3, 0.4) is 0 Å². The van der Waals surface area contributed by atoms with Crippen molar-refractivity contribution in [2.24, 2.45) is 0 Å². The second-order valence-corrected chi connectivity index (χ2v) is 7.86. The highest BCUT2D eigenvalue weighted by atomic mass is 32.1. The van der Waals surface area contributed by atoms with Gasteiger partial charge in [-0.25, -0.2) is 0 Å². The van der Waals surface area contributed by atoms with Crippen LogP contribution in [0.5, 0.6) is 0 Å². The van der Waals surface area contributed by atoms with Gasteiger partial charge in [0.05, 0.1) is 6.26 Å². The van der Waals surface area contributed by atoms with Crippen LogP contribution in [0.15, 0.2) is 46.4 Å². The zero-order valence-corrected chi connectivity index (χ0v) is 15.1. The molecular formula is C18H17N3O2S2. The summed E-state index contributed by atoms with van der Waals surface area (Å²) >= 11 is 3.21. The molecule has 0 aromatic carbocycles. The van der Waals surface area contributed by atoms with Crippen molar-refractivity contribution in [3.05, 3.63) is 51.9 Å². The molecule has 7 heteroatoms. The van der Waals surface area contributed by atoms with Crippen molar-refractivity contribution in [3.63, 3.8) is 0 Å². The van der Waals surface area contributed by atoms with Gasteiger partial charge < -0.3 is 9.32 Å². The number of thiophene rings is 1. The Bertz CT molecular complexity index is 845. The number of amides is 1. The largest absolute Gasteiger partial charge is 0.462 e. The first-order valence-electron chi connectivity index (χ1n) is 8.17. The van der Waals surface area contributed by atoms with E-state index < -0.39 is 0 Å². The molecule has 1 amide bonds. The molecule has 1 aliphatic rings. The third-order valence-corrected chi connectivity index (χ3v) is 6.20. The molecule has 4 rings (SSSR count). The fourth-order valence-electron chi connectivity index (χ4n) is 2.89. The Balaban J connectivity index is 1.34. The Morgan fingerprint density at radius 1 is 1.24 bits per heavy atom. The van der Waals surface area contributed by atoms with Crippen LogP contribution in [0.25, 0.3) is 16.8 Å². The summed E-state index contributed by atoms with van der Waals surface area (Å²) in [6.07, 6.45) is 7.05. The standard InChI is InChI=1S/C18H17N3O2S2/c22-16(6-5-14-3-2-12-24-14)21-9-7-13(8-10-21)17-19-20-18(25-17)15-4-1-11-23-15/h1-6,11-13H,7-10H2. The number of hydrogen-bond donors (Lipinski definition) is 0. The Hall–Kier alpha value is -2.25. The monoisotopic (exact) mass is 371 g/mol. The first kappa shape index (κ1) is 16.2. The molecule has 1 fully saturated rings. The first-order valence-corrected chi connectivity index (χ1v) is 9.87. The lowest BCUT2D eigenvalue weighted by Crippen LogP contribution is -2.36. The minimum absolute atomic E-state index is 0.0837. The molecule has 0 saturated carbocycles. The molecule has 3 aromatic rings. The van der Waals surface area contributed by atoms with Crippen molar-refractivity contribution >= 4 is 34.7 Å². The van der Waals surface area contributed by atoms with Crippen LogP contribution in [0.4, 0.5) is 0 Å². The second-order valence-electron chi connectivity index (χ2n) is 5.87. The lowest BCUT2D eigenvalue weighted by atomic mass is 9.97. The van der Waals surface area contributed by atoms with Crippen LogP contribution in [0, 0.1) is 0 Å². The van der Waals surface area contributed by atoms with E-state index in [-0.39, 0.29) is 5.91 Å². The van der Waals surface area contributed by atoms with Gasteiger partial charge in [-0.05, 0) is 42.5 Å². The van der Waals surface area contributed by atoms with Crippen LogP contribution in [0.1, 0.15) is 28.6 Å². The van der Waals surface area contributed by atoms with E-state index in [4.69, 9.17) is 4.42 Å². The molecule has 4 heterocycles. The second kappa shape index (κ2) is 7.33. The number of furan rings is 1. The topological polar surface area (TPSA) is 59.2 Å². The molecule has 0 unspecified atom stereocenters. The molecule has 0 spiro atoms. The summed E-state index contributed by atoms with van der Waals surface area (Å²) in [5, 5.41) is 12.4. The van der Waals surface area contributed by atoms with Crippen molar-refractivity contribution in [1.29, 1.82) is 0 Å². The quantitative estimate of drug-likeness (QED) is 0.642. The maximum absolute atomic E-state index is 12.3. The smallest absolute Gasteiger partial charge is 0.246 e. The van der Waals surface area contributed by atoms with Gasteiger partial charge in [0.2, 0.25) is 5.91 Å². The lowest BCUT2D eigenvalue weighted by Gasteiger charge is -2.30. The van der Waals surface area contributed by atoms with Crippen molar-refractivity contribution in [3.8, 4) is 10.8 Å². The van der Waals surface area contributed by atoms with Gasteiger partial charge in [-0.1, -0.05) is 17.4 Å². The summed E-state index contributed by atoms with van der Waals surface area (Å²) in [6.45, 7) is 1.52. The number of carbonyl (C=O) groups is 1. The van der Waals surface area contributed by atoms with Gasteiger partial charge in [0, 0.05) is 30.0 Å². The number of aromatic nitrogens is 2. The number of nitrogens with zero attached hydrogens (tertiary/aromatic N) is 3. The maximum Gasteiger partial charge on any atom is 0.246 e. The zero-order chi connectivity index (χ0) is 17.1. The van der Waals surface area contributed by atoms with Crippen LogP contribution in [-0.2, 0) is 4.79 Å². The highest BCUT2D eigenvalue weighted by molar-refractivity contribution is 7.14. The first-order chi connectivity index (χ1) is 12.3. The molecule has 1 aliphatic heterocycles. The summed E-state index contributed by atoms with van der Waals surface area (Å²) in [5.41, 5.74) is 0. The van der Waals surface area contributed by atoms with Crippen LogP contribution >= 0.6 is 22.7 Å². The molecule has 128 valence electrons. The zero-order valence-electron chi connectivity index (χ0n) is 13.5. The van der Waals surface area contributed by atoms with E-state index in [9.17, 15) is 4.79 Å². The van der Waals surface area contributed by atoms with Crippen LogP contribution in [-0.4, -0.2) is 34.1 Å². The van der Waals surface area contributed by atoms with Crippen molar-refractivity contribution < 1.29 is 9.21 Å². The van der Waals surface area contributed by atoms with Gasteiger partial charge in [-0.2, -0.15) is 0 Å². The molecule has 0 N–H and O–H groups in total. The summed E-state index contributed by atoms with van der Waals surface area (Å²) < 4.78 is 5.37. The minimum atomic E-state index is 0.0837. The van der Waals surface area contributed by atoms with Crippen LogP contribution < -0.4 is 0 Å². The Kier molecular flexibility index (Phi) is 4.76. The van der Waals surface area contributed by atoms with E-state index in [2.05, 4.69) is 10.2 Å². The molecule has 0 atom stereocenters. The van der Waals surface area contributed by atoms with Gasteiger partial charge in [-0.3, -0.25) is 4.79 Å². The summed E-state index contributed by atoms with van der Waals surface area (Å²) in [6, 6.07) is 7.74. The summed E-state index contributed by atoms with van der Waals surface area (Å²) in [7, 11) is 0. The highest BCUT2D eigenvalue weighted by Gasteiger charge is 2.25. The summed E-state index contributed by atoms with van der Waals surface area (Å²) in [4.78, 5) is 15.3. The number of piperidine rings is 1. The molecule has 5 nitrogen and oxygen atoms in total. The van der Waals surface area contributed by atoms with Crippen LogP contribution in [0.2, 0.25) is 0 Å². The van der Waals surface area contributed by atoms with E-state index in [0.29, 0.717) is 5.92 Å². The van der Waals surface area contributed by atoms with Crippen molar-refractivity contribution in [2.45, 2.75) is 18.8 Å². The van der Waals surface area contributed by atoms with Gasteiger partial charge >= 0.3 is 0 Å². The predicted molar refractivity (Wildman–Crippen MR) is 99.5 cm³/mol. The van der Waals surface area contributed by atoms with E-state index in [0.717, 1.165) is 46.6 Å².